The highest BCUT2D eigenvalue weighted by Gasteiger charge is 2.29. The molecule has 0 heterocycles. The molecule has 1 N–H and O–H groups in total. The van der Waals surface area contributed by atoms with Gasteiger partial charge in [-0.3, -0.25) is 0 Å². The molecule has 1 aliphatic rings. The van der Waals surface area contributed by atoms with Gasteiger partial charge in [0, 0.05) is 4.90 Å². The van der Waals surface area contributed by atoms with Crippen LogP contribution < -0.4 is 0 Å². The minimum atomic E-state index is -1.42. The van der Waals surface area contributed by atoms with E-state index in [4.69, 9.17) is 0 Å². The molecule has 0 saturated heterocycles. The van der Waals surface area contributed by atoms with Crippen molar-refractivity contribution in [1.29, 1.82) is 0 Å². The highest BCUT2D eigenvalue weighted by Crippen LogP contribution is 2.33. The van der Waals surface area contributed by atoms with Crippen LogP contribution in [-0.2, 0) is 0 Å². The van der Waals surface area contributed by atoms with Gasteiger partial charge in [0.05, 0.1) is 11.4 Å². The third kappa shape index (κ3) is 5.83. The molecular formula is C19H28OSSi. The van der Waals surface area contributed by atoms with E-state index in [1.54, 1.807) is 11.8 Å². The van der Waals surface area contributed by atoms with Gasteiger partial charge in [-0.15, -0.1) is 17.3 Å². The highest BCUT2D eigenvalue weighted by atomic mass is 32.2. The maximum Gasteiger partial charge on any atom is 0.129 e. The van der Waals surface area contributed by atoms with Crippen LogP contribution in [-0.4, -0.2) is 24.5 Å². The zero-order valence-electron chi connectivity index (χ0n) is 14.0. The lowest BCUT2D eigenvalue weighted by molar-refractivity contribution is 0.0933. The fourth-order valence-electron chi connectivity index (χ4n) is 2.84. The Hall–Kier alpha value is -0.693. The predicted octanol–water partition coefficient (Wildman–Crippen LogP) is 4.97. The van der Waals surface area contributed by atoms with Crippen LogP contribution in [0.4, 0.5) is 0 Å². The monoisotopic (exact) mass is 332 g/mol. The maximum absolute atomic E-state index is 10.9. The van der Waals surface area contributed by atoms with Gasteiger partial charge in [-0.05, 0) is 30.9 Å². The number of thioether (sulfide) groups is 1. The normalized spacial score (nSPS) is 19.1. The van der Waals surface area contributed by atoms with Crippen LogP contribution in [0.5, 0.6) is 0 Å². The Labute approximate surface area is 140 Å². The largest absolute Gasteiger partial charge is 0.391 e. The average Bonchev–Trinajstić information content (AvgIpc) is 2.52. The molecule has 1 aliphatic carbocycles. The van der Waals surface area contributed by atoms with Crippen molar-refractivity contribution in [2.45, 2.75) is 68.0 Å². The van der Waals surface area contributed by atoms with Crippen LogP contribution in [0.3, 0.4) is 0 Å². The molecule has 1 nitrogen and oxygen atoms in total. The van der Waals surface area contributed by atoms with E-state index in [9.17, 15) is 5.11 Å². The summed E-state index contributed by atoms with van der Waals surface area (Å²) in [5.41, 5.74) is 3.47. The summed E-state index contributed by atoms with van der Waals surface area (Å²) >= 11 is 1.73. The van der Waals surface area contributed by atoms with Gasteiger partial charge < -0.3 is 5.11 Å². The summed E-state index contributed by atoms with van der Waals surface area (Å²) in [5.74, 6) is 3.85. The molecule has 0 aliphatic heterocycles. The van der Waals surface area contributed by atoms with Crippen LogP contribution in [0, 0.1) is 17.4 Å². The first kappa shape index (κ1) is 17.7. The van der Waals surface area contributed by atoms with Crippen LogP contribution in [0.2, 0.25) is 19.6 Å². The van der Waals surface area contributed by atoms with Gasteiger partial charge in [0.1, 0.15) is 8.07 Å². The van der Waals surface area contributed by atoms with E-state index in [0.717, 1.165) is 12.8 Å². The van der Waals surface area contributed by atoms with E-state index in [0.29, 0.717) is 5.92 Å². The standard InChI is InChI=1S/C19H28OSSi/c1-22(2,3)15-14-18(21-17-12-8-5-9-13-17)19(20)16-10-6-4-7-11-16/h5,8-9,12-13,16,18-20H,4,6-7,10-11H2,1-3H3/t18-,19+/m1/s1. The fraction of sp³-hybridized carbons (Fsp3) is 0.579. The first-order chi connectivity index (χ1) is 10.5. The first-order valence-corrected chi connectivity index (χ1v) is 12.8. The SMILES string of the molecule is C[Si](C)(C)C#C[C@@H](Sc1ccccc1)[C@@H](O)C1CCCCC1. The minimum Gasteiger partial charge on any atom is -0.391 e. The van der Waals surface area contributed by atoms with Crippen LogP contribution in [0.25, 0.3) is 0 Å². The average molecular weight is 333 g/mol. The number of hydrogen-bond acceptors (Lipinski definition) is 2. The molecule has 1 fully saturated rings. The molecule has 3 heteroatoms. The Kier molecular flexibility index (Phi) is 6.61. The second-order valence-corrected chi connectivity index (χ2v) is 13.2. The van der Waals surface area contributed by atoms with Gasteiger partial charge in [0.15, 0.2) is 0 Å². The third-order valence-corrected chi connectivity index (χ3v) is 6.13. The van der Waals surface area contributed by atoms with Crippen molar-refractivity contribution in [3.05, 3.63) is 30.3 Å². The first-order valence-electron chi connectivity index (χ1n) is 8.38. The van der Waals surface area contributed by atoms with Crippen LogP contribution >= 0.6 is 11.8 Å². The third-order valence-electron chi connectivity index (χ3n) is 4.04. The molecular weight excluding hydrogens is 304 g/mol. The number of benzene rings is 1. The Morgan fingerprint density at radius 2 is 1.73 bits per heavy atom. The molecule has 0 spiro atoms. The van der Waals surface area contributed by atoms with Crippen molar-refractivity contribution in [3.63, 3.8) is 0 Å². The summed E-state index contributed by atoms with van der Waals surface area (Å²) in [6, 6.07) is 10.4. The van der Waals surface area contributed by atoms with Crippen LogP contribution in [0.15, 0.2) is 35.2 Å². The second-order valence-electron chi connectivity index (χ2n) is 7.26. The Morgan fingerprint density at radius 3 is 2.32 bits per heavy atom. The summed E-state index contributed by atoms with van der Waals surface area (Å²) in [6.45, 7) is 6.78. The van der Waals surface area contributed by atoms with Gasteiger partial charge in [0.2, 0.25) is 0 Å². The van der Waals surface area contributed by atoms with Crippen molar-refractivity contribution in [2.24, 2.45) is 5.92 Å². The van der Waals surface area contributed by atoms with Crippen molar-refractivity contribution in [3.8, 4) is 11.5 Å². The molecule has 1 aromatic rings. The van der Waals surface area contributed by atoms with Gasteiger partial charge in [-0.25, -0.2) is 0 Å². The number of hydrogen-bond donors (Lipinski definition) is 1. The molecule has 0 bridgehead atoms. The lowest BCUT2D eigenvalue weighted by Gasteiger charge is -2.30. The topological polar surface area (TPSA) is 20.2 Å². The lowest BCUT2D eigenvalue weighted by atomic mass is 9.84. The van der Waals surface area contributed by atoms with E-state index in [1.807, 2.05) is 6.07 Å². The summed E-state index contributed by atoms with van der Waals surface area (Å²) in [4.78, 5) is 1.20. The van der Waals surface area contributed by atoms with Gasteiger partial charge in [-0.2, -0.15) is 0 Å². The fourth-order valence-corrected chi connectivity index (χ4v) is 4.62. The van der Waals surface area contributed by atoms with Crippen molar-refractivity contribution in [2.75, 3.05) is 0 Å². The van der Waals surface area contributed by atoms with Crippen molar-refractivity contribution in [1.82, 2.24) is 0 Å². The van der Waals surface area contributed by atoms with E-state index in [1.165, 1.54) is 24.2 Å². The zero-order valence-corrected chi connectivity index (χ0v) is 15.8. The van der Waals surface area contributed by atoms with Gasteiger partial charge >= 0.3 is 0 Å². The Morgan fingerprint density at radius 1 is 1.09 bits per heavy atom. The summed E-state index contributed by atoms with van der Waals surface area (Å²) < 4.78 is 0. The molecule has 1 aromatic carbocycles. The minimum absolute atomic E-state index is 0.00257. The van der Waals surface area contributed by atoms with Crippen molar-refractivity contribution >= 4 is 19.8 Å². The summed E-state index contributed by atoms with van der Waals surface area (Å²) in [6.07, 6.45) is 5.83. The quantitative estimate of drug-likeness (QED) is 0.477. The molecule has 2 atom stereocenters. The van der Waals surface area contributed by atoms with Crippen LogP contribution in [0.1, 0.15) is 32.1 Å². The Bertz CT molecular complexity index is 506. The molecule has 0 unspecified atom stereocenters. The number of aliphatic hydroxyl groups excluding tert-OH is 1. The summed E-state index contributed by atoms with van der Waals surface area (Å²) in [7, 11) is -1.42. The van der Waals surface area contributed by atoms with Gasteiger partial charge in [0.25, 0.3) is 0 Å². The van der Waals surface area contributed by atoms with E-state index in [-0.39, 0.29) is 11.4 Å². The van der Waals surface area contributed by atoms with E-state index >= 15 is 0 Å². The maximum atomic E-state index is 10.9. The molecule has 0 aromatic heterocycles. The zero-order chi connectivity index (χ0) is 16.0. The molecule has 0 radical (unpaired) electrons. The van der Waals surface area contributed by atoms with E-state index in [2.05, 4.69) is 55.4 Å². The molecule has 2 rings (SSSR count). The molecule has 120 valence electrons. The van der Waals surface area contributed by atoms with E-state index < -0.39 is 8.07 Å². The van der Waals surface area contributed by atoms with Crippen molar-refractivity contribution < 1.29 is 5.11 Å². The smallest absolute Gasteiger partial charge is 0.129 e. The predicted molar refractivity (Wildman–Crippen MR) is 99.8 cm³/mol. The molecule has 0 amide bonds. The highest BCUT2D eigenvalue weighted by molar-refractivity contribution is 8.00. The number of aliphatic hydroxyl groups is 1. The molecule has 1 saturated carbocycles. The second kappa shape index (κ2) is 8.24. The number of rotatable bonds is 4. The summed E-state index contributed by atoms with van der Waals surface area (Å²) in [5, 5.41) is 10.9. The van der Waals surface area contributed by atoms with Gasteiger partial charge in [-0.1, -0.05) is 63.0 Å². The Balaban J connectivity index is 2.14. The lowest BCUT2D eigenvalue weighted by Crippen LogP contribution is -2.32. The molecule has 22 heavy (non-hydrogen) atoms.